The van der Waals surface area contributed by atoms with E-state index in [1.807, 2.05) is 6.07 Å². The van der Waals surface area contributed by atoms with E-state index < -0.39 is 11.7 Å². The van der Waals surface area contributed by atoms with Crippen molar-refractivity contribution in [1.29, 1.82) is 0 Å². The Bertz CT molecular complexity index is 403. The summed E-state index contributed by atoms with van der Waals surface area (Å²) in [5.41, 5.74) is -0.703. The Morgan fingerprint density at radius 2 is 2.11 bits per heavy atom. The first-order chi connectivity index (χ1) is 8.50. The smallest absolute Gasteiger partial charge is 0.438 e. The van der Waals surface area contributed by atoms with Crippen molar-refractivity contribution in [3.05, 3.63) is 43.0 Å². The number of amides is 1. The van der Waals surface area contributed by atoms with E-state index in [1.54, 1.807) is 24.3 Å². The molecule has 0 aromatic heterocycles. The van der Waals surface area contributed by atoms with Crippen LogP contribution in [-0.4, -0.2) is 30.5 Å². The van der Waals surface area contributed by atoms with Gasteiger partial charge in [0.1, 0.15) is 12.2 Å². The fraction of sp³-hybridized carbons (Fsp3) is 0.308. The molecule has 0 aliphatic carbocycles. The summed E-state index contributed by atoms with van der Waals surface area (Å²) in [5, 5.41) is 10.7. The Kier molecular flexibility index (Phi) is 4.88. The molecule has 1 amide bonds. The van der Waals surface area contributed by atoms with Crippen LogP contribution < -0.4 is 5.06 Å². The Morgan fingerprint density at radius 1 is 1.50 bits per heavy atom. The molecule has 5 nitrogen and oxygen atoms in total. The number of methoxy groups -OCH3 is 1. The Hall–Kier alpha value is -1.85. The van der Waals surface area contributed by atoms with Gasteiger partial charge in [-0.25, -0.2) is 4.79 Å². The summed E-state index contributed by atoms with van der Waals surface area (Å²) in [5.74, 6) is 0. The third-order valence-corrected chi connectivity index (χ3v) is 2.26. The third kappa shape index (κ3) is 3.87. The van der Waals surface area contributed by atoms with Gasteiger partial charge in [-0.05, 0) is 19.1 Å². The molecule has 1 N–H and O–H groups in total. The first-order valence-electron chi connectivity index (χ1n) is 5.42. The van der Waals surface area contributed by atoms with Gasteiger partial charge in [-0.2, -0.15) is 5.06 Å². The molecule has 1 rings (SSSR count). The zero-order chi connectivity index (χ0) is 13.6. The molecule has 18 heavy (non-hydrogen) atoms. The number of hydrogen-bond acceptors (Lipinski definition) is 4. The number of para-hydroxylation sites is 1. The SMILES string of the molecule is C=CC(C)(O)CON(C(=O)OC)c1ccccc1. The number of nitrogens with zero attached hydrogens (tertiary/aromatic N) is 1. The van der Waals surface area contributed by atoms with Crippen molar-refractivity contribution in [1.82, 2.24) is 0 Å². The highest BCUT2D eigenvalue weighted by atomic mass is 16.7. The van der Waals surface area contributed by atoms with Crippen LogP contribution in [0.1, 0.15) is 6.92 Å². The maximum absolute atomic E-state index is 11.6. The topological polar surface area (TPSA) is 59.0 Å². The summed E-state index contributed by atoms with van der Waals surface area (Å²) < 4.78 is 4.62. The van der Waals surface area contributed by atoms with Crippen molar-refractivity contribution >= 4 is 11.8 Å². The molecule has 0 bridgehead atoms. The van der Waals surface area contributed by atoms with Crippen LogP contribution in [-0.2, 0) is 9.57 Å². The third-order valence-electron chi connectivity index (χ3n) is 2.26. The average Bonchev–Trinajstić information content (AvgIpc) is 2.39. The van der Waals surface area contributed by atoms with Gasteiger partial charge in [-0.3, -0.25) is 4.84 Å². The van der Waals surface area contributed by atoms with Gasteiger partial charge in [0, 0.05) is 0 Å². The highest BCUT2D eigenvalue weighted by molar-refractivity contribution is 5.85. The number of carbonyl (C=O) groups is 1. The number of carbonyl (C=O) groups excluding carboxylic acids is 1. The lowest BCUT2D eigenvalue weighted by atomic mass is 10.1. The molecule has 1 aromatic rings. The summed E-state index contributed by atoms with van der Waals surface area (Å²) in [7, 11) is 1.26. The molecule has 0 saturated heterocycles. The Morgan fingerprint density at radius 3 is 2.61 bits per heavy atom. The van der Waals surface area contributed by atoms with Gasteiger partial charge in [0.25, 0.3) is 0 Å². The molecule has 0 aliphatic heterocycles. The Balaban J connectivity index is 2.81. The largest absolute Gasteiger partial charge is 0.451 e. The highest BCUT2D eigenvalue weighted by Crippen LogP contribution is 2.16. The minimum Gasteiger partial charge on any atom is -0.451 e. The number of hydroxylamine groups is 1. The second-order valence-corrected chi connectivity index (χ2v) is 3.93. The van der Waals surface area contributed by atoms with Crippen LogP contribution in [0.3, 0.4) is 0 Å². The van der Waals surface area contributed by atoms with Gasteiger partial charge in [0.05, 0.1) is 12.8 Å². The number of hydrogen-bond donors (Lipinski definition) is 1. The van der Waals surface area contributed by atoms with Gasteiger partial charge in [-0.15, -0.1) is 6.58 Å². The summed E-state index contributed by atoms with van der Waals surface area (Å²) in [4.78, 5) is 16.9. The Labute approximate surface area is 106 Å². The minimum absolute atomic E-state index is 0.111. The number of benzene rings is 1. The molecule has 1 unspecified atom stereocenters. The van der Waals surface area contributed by atoms with E-state index in [1.165, 1.54) is 20.1 Å². The molecule has 0 fully saturated rings. The quantitative estimate of drug-likeness (QED) is 0.643. The van der Waals surface area contributed by atoms with E-state index in [0.29, 0.717) is 5.69 Å². The molecular formula is C13H17NO4. The number of rotatable bonds is 5. The molecular weight excluding hydrogens is 234 g/mol. The maximum Gasteiger partial charge on any atom is 0.438 e. The van der Waals surface area contributed by atoms with E-state index in [4.69, 9.17) is 4.84 Å². The predicted octanol–water partition coefficient (Wildman–Crippen LogP) is 2.13. The average molecular weight is 251 g/mol. The van der Waals surface area contributed by atoms with Gasteiger partial charge in [0.2, 0.25) is 0 Å². The van der Waals surface area contributed by atoms with Gasteiger partial charge in [-0.1, -0.05) is 24.3 Å². The summed E-state index contributed by atoms with van der Waals surface area (Å²) in [6.07, 6.45) is 0.675. The summed E-state index contributed by atoms with van der Waals surface area (Å²) >= 11 is 0. The molecule has 98 valence electrons. The molecule has 0 radical (unpaired) electrons. The number of anilines is 1. The van der Waals surface area contributed by atoms with E-state index in [9.17, 15) is 9.90 Å². The molecule has 5 heteroatoms. The van der Waals surface area contributed by atoms with Gasteiger partial charge < -0.3 is 9.84 Å². The summed E-state index contributed by atoms with van der Waals surface area (Å²) in [6.45, 7) is 4.90. The second kappa shape index (κ2) is 6.18. The van der Waals surface area contributed by atoms with Crippen molar-refractivity contribution in [2.45, 2.75) is 12.5 Å². The molecule has 0 aliphatic rings. The van der Waals surface area contributed by atoms with Crippen molar-refractivity contribution in [2.75, 3.05) is 18.8 Å². The molecule has 0 spiro atoms. The van der Waals surface area contributed by atoms with E-state index >= 15 is 0 Å². The molecule has 1 aromatic carbocycles. The number of aliphatic hydroxyl groups is 1. The lowest BCUT2D eigenvalue weighted by Gasteiger charge is -2.25. The monoisotopic (exact) mass is 251 g/mol. The molecule has 0 heterocycles. The van der Waals surface area contributed by atoms with Crippen molar-refractivity contribution in [3.8, 4) is 0 Å². The highest BCUT2D eigenvalue weighted by Gasteiger charge is 2.23. The van der Waals surface area contributed by atoms with E-state index in [2.05, 4.69) is 11.3 Å². The normalized spacial score (nSPS) is 13.5. The van der Waals surface area contributed by atoms with Crippen LogP contribution in [0.25, 0.3) is 0 Å². The lowest BCUT2D eigenvalue weighted by Crippen LogP contribution is -2.37. The predicted molar refractivity (Wildman–Crippen MR) is 68.1 cm³/mol. The van der Waals surface area contributed by atoms with Crippen LogP contribution in [0.15, 0.2) is 43.0 Å². The van der Waals surface area contributed by atoms with Crippen molar-refractivity contribution in [2.24, 2.45) is 0 Å². The number of ether oxygens (including phenoxy) is 1. The maximum atomic E-state index is 11.6. The first kappa shape index (κ1) is 14.2. The van der Waals surface area contributed by atoms with Crippen molar-refractivity contribution < 1.29 is 19.5 Å². The van der Waals surface area contributed by atoms with E-state index in [-0.39, 0.29) is 6.61 Å². The molecule has 0 saturated carbocycles. The second-order valence-electron chi connectivity index (χ2n) is 3.93. The summed E-state index contributed by atoms with van der Waals surface area (Å²) in [6, 6.07) is 8.73. The van der Waals surface area contributed by atoms with Crippen molar-refractivity contribution in [3.63, 3.8) is 0 Å². The van der Waals surface area contributed by atoms with Crippen LogP contribution in [0.4, 0.5) is 10.5 Å². The first-order valence-corrected chi connectivity index (χ1v) is 5.42. The zero-order valence-electron chi connectivity index (χ0n) is 10.5. The van der Waals surface area contributed by atoms with Crippen LogP contribution in [0.2, 0.25) is 0 Å². The van der Waals surface area contributed by atoms with Crippen LogP contribution in [0.5, 0.6) is 0 Å². The molecule has 1 atom stereocenters. The lowest BCUT2D eigenvalue weighted by molar-refractivity contribution is -0.0102. The fourth-order valence-electron chi connectivity index (χ4n) is 1.13. The standard InChI is InChI=1S/C13H17NO4/c1-4-13(2,16)10-18-14(12(15)17-3)11-8-6-5-7-9-11/h4-9,16H,1,10H2,2-3H3. The van der Waals surface area contributed by atoms with Crippen LogP contribution >= 0.6 is 0 Å². The fourth-order valence-corrected chi connectivity index (χ4v) is 1.13. The van der Waals surface area contributed by atoms with Gasteiger partial charge >= 0.3 is 6.09 Å². The van der Waals surface area contributed by atoms with Crippen LogP contribution in [0, 0.1) is 0 Å². The minimum atomic E-state index is -1.22. The zero-order valence-corrected chi connectivity index (χ0v) is 10.5. The van der Waals surface area contributed by atoms with E-state index in [0.717, 1.165) is 5.06 Å². The van der Waals surface area contributed by atoms with Gasteiger partial charge in [0.15, 0.2) is 0 Å².